The summed E-state index contributed by atoms with van der Waals surface area (Å²) >= 11 is 0. The van der Waals surface area contributed by atoms with Gasteiger partial charge in [-0.2, -0.15) is 4.39 Å². The van der Waals surface area contributed by atoms with Crippen LogP contribution in [0.15, 0.2) is 30.3 Å². The molecule has 2 aromatic carbocycles. The van der Waals surface area contributed by atoms with Crippen molar-refractivity contribution in [1.82, 2.24) is 5.32 Å². The second kappa shape index (κ2) is 7.85. The summed E-state index contributed by atoms with van der Waals surface area (Å²) in [4.78, 5) is 23.3. The molecular formula is C17H16F3N3O3. The number of nitro groups is 1. The van der Waals surface area contributed by atoms with Crippen molar-refractivity contribution in [3.05, 3.63) is 69.0 Å². The normalized spacial score (nSPS) is 10.5. The van der Waals surface area contributed by atoms with Gasteiger partial charge < -0.3 is 10.2 Å². The van der Waals surface area contributed by atoms with Crippen LogP contribution >= 0.6 is 0 Å². The van der Waals surface area contributed by atoms with Crippen molar-refractivity contribution in [2.24, 2.45) is 0 Å². The molecule has 1 amide bonds. The zero-order valence-electron chi connectivity index (χ0n) is 14.1. The molecule has 0 heterocycles. The van der Waals surface area contributed by atoms with Gasteiger partial charge in [-0.05, 0) is 24.1 Å². The molecule has 26 heavy (non-hydrogen) atoms. The first-order valence-corrected chi connectivity index (χ1v) is 7.58. The summed E-state index contributed by atoms with van der Waals surface area (Å²) < 4.78 is 40.5. The van der Waals surface area contributed by atoms with Gasteiger partial charge in [0, 0.05) is 32.4 Å². The van der Waals surface area contributed by atoms with E-state index in [1.165, 1.54) is 0 Å². The van der Waals surface area contributed by atoms with Crippen LogP contribution in [0.2, 0.25) is 0 Å². The Kier molecular flexibility index (Phi) is 5.81. The molecule has 0 atom stereocenters. The van der Waals surface area contributed by atoms with Crippen molar-refractivity contribution in [3.8, 4) is 0 Å². The second-order valence-corrected chi connectivity index (χ2v) is 5.71. The molecule has 138 valence electrons. The summed E-state index contributed by atoms with van der Waals surface area (Å²) in [6.07, 6.45) is 0.410. The quantitative estimate of drug-likeness (QED) is 0.484. The fourth-order valence-electron chi connectivity index (χ4n) is 2.26. The number of carbonyl (C=O) groups is 1. The molecule has 0 fully saturated rings. The van der Waals surface area contributed by atoms with Gasteiger partial charge in [0.15, 0.2) is 5.82 Å². The molecule has 6 nitrogen and oxygen atoms in total. The largest absolute Gasteiger partial charge is 0.378 e. The summed E-state index contributed by atoms with van der Waals surface area (Å²) in [5.41, 5.74) is -0.325. The Hall–Kier alpha value is -3.10. The van der Waals surface area contributed by atoms with Crippen molar-refractivity contribution >= 4 is 17.3 Å². The van der Waals surface area contributed by atoms with Gasteiger partial charge in [-0.3, -0.25) is 14.9 Å². The highest BCUT2D eigenvalue weighted by Crippen LogP contribution is 2.25. The predicted octanol–water partition coefficient (Wildman–Crippen LogP) is 3.05. The minimum atomic E-state index is -2.05. The van der Waals surface area contributed by atoms with Crippen molar-refractivity contribution in [2.75, 3.05) is 25.5 Å². The fourth-order valence-corrected chi connectivity index (χ4v) is 2.26. The van der Waals surface area contributed by atoms with E-state index in [0.717, 1.165) is 11.3 Å². The Labute approximate surface area is 147 Å². The molecule has 0 spiro atoms. The molecule has 0 saturated heterocycles. The number of nitrogens with zero attached hydrogens (tertiary/aromatic N) is 2. The maximum Gasteiger partial charge on any atom is 0.308 e. The molecule has 2 rings (SSSR count). The van der Waals surface area contributed by atoms with E-state index in [9.17, 15) is 28.1 Å². The van der Waals surface area contributed by atoms with Crippen LogP contribution < -0.4 is 10.2 Å². The first-order valence-electron chi connectivity index (χ1n) is 7.58. The first kappa shape index (κ1) is 19.2. The number of nitrogens with one attached hydrogen (secondary N) is 1. The van der Waals surface area contributed by atoms with Gasteiger partial charge in [-0.1, -0.05) is 12.1 Å². The van der Waals surface area contributed by atoms with Crippen molar-refractivity contribution < 1.29 is 22.9 Å². The van der Waals surface area contributed by atoms with Gasteiger partial charge in [0.25, 0.3) is 5.91 Å². The summed E-state index contributed by atoms with van der Waals surface area (Å²) in [5.74, 6) is -6.82. The predicted molar refractivity (Wildman–Crippen MR) is 89.8 cm³/mol. The highest BCUT2D eigenvalue weighted by molar-refractivity contribution is 5.95. The summed E-state index contributed by atoms with van der Waals surface area (Å²) in [5, 5.41) is 13.0. The van der Waals surface area contributed by atoms with E-state index in [1.54, 1.807) is 0 Å². The van der Waals surface area contributed by atoms with Crippen molar-refractivity contribution in [2.45, 2.75) is 6.42 Å². The minimum Gasteiger partial charge on any atom is -0.378 e. The van der Waals surface area contributed by atoms with Gasteiger partial charge in [-0.15, -0.1) is 0 Å². The second-order valence-electron chi connectivity index (χ2n) is 5.71. The zero-order valence-corrected chi connectivity index (χ0v) is 14.1. The third kappa shape index (κ3) is 4.11. The number of hydrogen-bond donors (Lipinski definition) is 1. The Morgan fingerprint density at radius 3 is 2.27 bits per heavy atom. The Bertz CT molecular complexity index is 839. The van der Waals surface area contributed by atoms with E-state index in [4.69, 9.17) is 0 Å². The third-order valence-corrected chi connectivity index (χ3v) is 3.72. The molecule has 0 aliphatic carbocycles. The molecule has 0 saturated carbocycles. The van der Waals surface area contributed by atoms with Crippen molar-refractivity contribution in [1.29, 1.82) is 0 Å². The lowest BCUT2D eigenvalue weighted by Crippen LogP contribution is -2.27. The Balaban J connectivity index is 2.07. The maximum atomic E-state index is 13.7. The van der Waals surface area contributed by atoms with E-state index in [2.05, 4.69) is 5.32 Å². The number of rotatable bonds is 6. The highest BCUT2D eigenvalue weighted by atomic mass is 19.2. The molecule has 0 aliphatic rings. The van der Waals surface area contributed by atoms with E-state index in [1.807, 2.05) is 43.3 Å². The Morgan fingerprint density at radius 2 is 1.73 bits per heavy atom. The van der Waals surface area contributed by atoms with Crippen LogP contribution in [0.25, 0.3) is 0 Å². The van der Waals surface area contributed by atoms with Gasteiger partial charge >= 0.3 is 5.69 Å². The molecule has 0 bridgehead atoms. The molecule has 2 aromatic rings. The first-order chi connectivity index (χ1) is 12.2. The van der Waals surface area contributed by atoms with Gasteiger partial charge in [0.1, 0.15) is 0 Å². The lowest BCUT2D eigenvalue weighted by molar-refractivity contribution is -0.387. The zero-order chi connectivity index (χ0) is 19.4. The molecule has 0 aliphatic heterocycles. The number of nitro benzene ring substituents is 1. The fraction of sp³-hybridized carbons (Fsp3) is 0.235. The number of carbonyl (C=O) groups excluding carboxylic acids is 1. The number of amides is 1. The molecule has 0 radical (unpaired) electrons. The monoisotopic (exact) mass is 367 g/mol. The van der Waals surface area contributed by atoms with E-state index >= 15 is 0 Å². The molecule has 9 heteroatoms. The topological polar surface area (TPSA) is 75.5 Å². The van der Waals surface area contributed by atoms with Crippen LogP contribution in [-0.4, -0.2) is 31.5 Å². The van der Waals surface area contributed by atoms with Crippen LogP contribution in [0.1, 0.15) is 15.9 Å². The smallest absolute Gasteiger partial charge is 0.308 e. The lowest BCUT2D eigenvalue weighted by atomic mass is 10.1. The van der Waals surface area contributed by atoms with Gasteiger partial charge in [0.05, 0.1) is 10.5 Å². The van der Waals surface area contributed by atoms with E-state index in [-0.39, 0.29) is 6.54 Å². The van der Waals surface area contributed by atoms with E-state index < -0.39 is 39.5 Å². The average Bonchev–Trinajstić information content (AvgIpc) is 2.60. The number of halogens is 3. The van der Waals surface area contributed by atoms with Crippen molar-refractivity contribution in [3.63, 3.8) is 0 Å². The number of hydrogen-bond acceptors (Lipinski definition) is 4. The maximum absolute atomic E-state index is 13.7. The molecular weight excluding hydrogens is 351 g/mol. The average molecular weight is 367 g/mol. The van der Waals surface area contributed by atoms with E-state index in [0.29, 0.717) is 12.5 Å². The van der Waals surface area contributed by atoms with Gasteiger partial charge in [-0.25, -0.2) is 8.78 Å². The SMILES string of the molecule is CN(C)c1ccc(CCNC(=O)c2cc([N+](=O)[O-])c(F)c(F)c2F)cc1. The summed E-state index contributed by atoms with van der Waals surface area (Å²) in [7, 11) is 3.79. The number of anilines is 1. The lowest BCUT2D eigenvalue weighted by Gasteiger charge is -2.13. The molecule has 1 N–H and O–H groups in total. The summed E-state index contributed by atoms with van der Waals surface area (Å²) in [6, 6.07) is 7.86. The Morgan fingerprint density at radius 1 is 1.12 bits per heavy atom. The number of benzene rings is 2. The standard InChI is InChI=1S/C17H16F3N3O3/c1-22(2)11-5-3-10(4-6-11)7-8-21-17(24)12-9-13(23(25)26)15(19)16(20)14(12)18/h3-6,9H,7-8H2,1-2H3,(H,21,24). The summed E-state index contributed by atoms with van der Waals surface area (Å²) in [6.45, 7) is 0.0897. The van der Waals surface area contributed by atoms with Crippen LogP contribution in [0.3, 0.4) is 0 Å². The highest BCUT2D eigenvalue weighted by Gasteiger charge is 2.28. The molecule has 0 aromatic heterocycles. The molecule has 0 unspecified atom stereocenters. The van der Waals surface area contributed by atoms with Crippen LogP contribution in [0, 0.1) is 27.6 Å². The van der Waals surface area contributed by atoms with Gasteiger partial charge in [0.2, 0.25) is 11.6 Å². The van der Waals surface area contributed by atoms with Crippen LogP contribution in [-0.2, 0) is 6.42 Å². The third-order valence-electron chi connectivity index (χ3n) is 3.72. The van der Waals surface area contributed by atoms with Crippen LogP contribution in [0.4, 0.5) is 24.5 Å². The minimum absolute atomic E-state index is 0.0897. The van der Waals surface area contributed by atoms with Crippen LogP contribution in [0.5, 0.6) is 0 Å².